The van der Waals surface area contributed by atoms with Crippen molar-refractivity contribution in [1.29, 1.82) is 0 Å². The number of carbonyl (C=O) groups excluding carboxylic acids is 1. The minimum Gasteiger partial charge on any atom is -0.321 e. The number of rotatable bonds is 3. The van der Waals surface area contributed by atoms with Crippen LogP contribution in [0, 0.1) is 10.1 Å². The summed E-state index contributed by atoms with van der Waals surface area (Å²) >= 11 is 15.0. The molecule has 0 unspecified atom stereocenters. The van der Waals surface area contributed by atoms with Gasteiger partial charge in [0.05, 0.1) is 21.2 Å². The van der Waals surface area contributed by atoms with Gasteiger partial charge in [0.15, 0.2) is 0 Å². The van der Waals surface area contributed by atoms with Crippen molar-refractivity contribution in [2.75, 3.05) is 5.32 Å². The molecule has 5 nitrogen and oxygen atoms in total. The number of nitro groups is 1. The first-order valence-corrected chi connectivity index (χ1v) is 7.13. The molecule has 8 heteroatoms. The van der Waals surface area contributed by atoms with Crippen molar-refractivity contribution in [1.82, 2.24) is 0 Å². The number of carbonyl (C=O) groups is 1. The molecule has 0 aliphatic heterocycles. The summed E-state index contributed by atoms with van der Waals surface area (Å²) in [5.74, 6) is -0.474. The lowest BCUT2D eigenvalue weighted by Gasteiger charge is -2.08. The third-order valence-electron chi connectivity index (χ3n) is 2.59. The fraction of sp³-hybridized carbons (Fsp3) is 0. The summed E-state index contributed by atoms with van der Waals surface area (Å²) in [6.45, 7) is 0. The van der Waals surface area contributed by atoms with Gasteiger partial charge in [-0.1, -0.05) is 23.2 Å². The highest BCUT2D eigenvalue weighted by atomic mass is 79.9. The number of nitro benzene ring substituents is 1. The molecular formula is C13H7BrCl2N2O3. The van der Waals surface area contributed by atoms with Gasteiger partial charge in [-0.2, -0.15) is 0 Å². The molecule has 0 aliphatic rings. The maximum absolute atomic E-state index is 12.1. The number of non-ortho nitro benzene ring substituents is 1. The van der Waals surface area contributed by atoms with Crippen molar-refractivity contribution < 1.29 is 9.72 Å². The van der Waals surface area contributed by atoms with Crippen LogP contribution in [0.3, 0.4) is 0 Å². The quantitative estimate of drug-likeness (QED) is 0.598. The van der Waals surface area contributed by atoms with Crippen molar-refractivity contribution in [3.05, 3.63) is 66.6 Å². The first kappa shape index (κ1) is 15.8. The second kappa shape index (κ2) is 6.43. The highest BCUT2D eigenvalue weighted by Gasteiger charge is 2.15. The van der Waals surface area contributed by atoms with Gasteiger partial charge in [0.2, 0.25) is 0 Å². The number of amides is 1. The highest BCUT2D eigenvalue weighted by molar-refractivity contribution is 9.10. The van der Waals surface area contributed by atoms with E-state index in [1.54, 1.807) is 18.2 Å². The molecular weight excluding hydrogens is 383 g/mol. The molecule has 2 rings (SSSR count). The molecule has 2 aromatic rings. The molecule has 0 bridgehead atoms. The Morgan fingerprint density at radius 1 is 1.19 bits per heavy atom. The molecule has 0 radical (unpaired) electrons. The van der Waals surface area contributed by atoms with Gasteiger partial charge in [0, 0.05) is 21.6 Å². The number of hydrogen-bond donors (Lipinski definition) is 1. The van der Waals surface area contributed by atoms with E-state index < -0.39 is 10.8 Å². The average molecular weight is 390 g/mol. The summed E-state index contributed by atoms with van der Waals surface area (Å²) in [6, 6.07) is 8.54. The van der Waals surface area contributed by atoms with E-state index in [1.807, 2.05) is 0 Å². The van der Waals surface area contributed by atoms with Gasteiger partial charge in [-0.05, 0) is 40.2 Å². The third kappa shape index (κ3) is 3.72. The minimum absolute atomic E-state index is 0.00628. The predicted octanol–water partition coefficient (Wildman–Crippen LogP) is 4.92. The summed E-state index contributed by atoms with van der Waals surface area (Å²) in [4.78, 5) is 22.2. The fourth-order valence-electron chi connectivity index (χ4n) is 1.58. The van der Waals surface area contributed by atoms with Crippen LogP contribution in [0.1, 0.15) is 10.4 Å². The Bertz CT molecular complexity index is 737. The fourth-order valence-corrected chi connectivity index (χ4v) is 2.62. The van der Waals surface area contributed by atoms with Crippen LogP contribution in [-0.2, 0) is 0 Å². The van der Waals surface area contributed by atoms with Crippen LogP contribution in [0.4, 0.5) is 11.4 Å². The molecule has 0 aromatic heterocycles. The zero-order chi connectivity index (χ0) is 15.6. The Morgan fingerprint density at radius 3 is 2.48 bits per heavy atom. The summed E-state index contributed by atoms with van der Waals surface area (Å²) in [5.41, 5.74) is 0.479. The summed E-state index contributed by atoms with van der Waals surface area (Å²) < 4.78 is 0.612. The van der Waals surface area contributed by atoms with E-state index in [0.717, 1.165) is 6.07 Å². The Balaban J connectivity index is 2.26. The third-order valence-corrected chi connectivity index (χ3v) is 3.79. The predicted molar refractivity (Wildman–Crippen MR) is 85.2 cm³/mol. The van der Waals surface area contributed by atoms with Crippen LogP contribution in [0.5, 0.6) is 0 Å². The lowest BCUT2D eigenvalue weighted by Crippen LogP contribution is -2.13. The van der Waals surface area contributed by atoms with Gasteiger partial charge in [-0.15, -0.1) is 0 Å². The molecule has 108 valence electrons. The summed E-state index contributed by atoms with van der Waals surface area (Å²) in [6.07, 6.45) is 0. The molecule has 0 saturated heterocycles. The number of halogens is 3. The van der Waals surface area contributed by atoms with Gasteiger partial charge in [0.25, 0.3) is 11.6 Å². The first-order valence-electron chi connectivity index (χ1n) is 5.59. The molecule has 1 N–H and O–H groups in total. The van der Waals surface area contributed by atoms with Gasteiger partial charge in [-0.3, -0.25) is 14.9 Å². The molecule has 0 atom stereocenters. The molecule has 2 aromatic carbocycles. The maximum atomic E-state index is 12.1. The summed E-state index contributed by atoms with van der Waals surface area (Å²) in [5, 5.41) is 13.8. The van der Waals surface area contributed by atoms with Crippen LogP contribution >= 0.6 is 39.1 Å². The zero-order valence-electron chi connectivity index (χ0n) is 10.3. The molecule has 0 heterocycles. The van der Waals surface area contributed by atoms with Crippen LogP contribution in [0.2, 0.25) is 10.0 Å². The van der Waals surface area contributed by atoms with E-state index in [-0.39, 0.29) is 16.3 Å². The monoisotopic (exact) mass is 388 g/mol. The van der Waals surface area contributed by atoms with E-state index in [9.17, 15) is 14.9 Å². The number of hydrogen-bond acceptors (Lipinski definition) is 3. The number of benzene rings is 2. The Hall–Kier alpha value is -1.63. The van der Waals surface area contributed by atoms with Crippen molar-refractivity contribution in [3.8, 4) is 0 Å². The van der Waals surface area contributed by atoms with Gasteiger partial charge < -0.3 is 5.32 Å². The van der Waals surface area contributed by atoms with Crippen LogP contribution < -0.4 is 5.32 Å². The number of anilines is 1. The molecule has 0 fully saturated rings. The van der Waals surface area contributed by atoms with Gasteiger partial charge in [-0.25, -0.2) is 0 Å². The molecule has 0 aliphatic carbocycles. The Morgan fingerprint density at radius 2 is 1.90 bits per heavy atom. The van der Waals surface area contributed by atoms with E-state index in [2.05, 4.69) is 21.2 Å². The van der Waals surface area contributed by atoms with Crippen molar-refractivity contribution in [3.63, 3.8) is 0 Å². The Labute approximate surface area is 138 Å². The lowest BCUT2D eigenvalue weighted by atomic mass is 10.2. The van der Waals surface area contributed by atoms with E-state index in [0.29, 0.717) is 15.2 Å². The molecule has 21 heavy (non-hydrogen) atoms. The van der Waals surface area contributed by atoms with Crippen LogP contribution in [0.25, 0.3) is 0 Å². The van der Waals surface area contributed by atoms with Crippen molar-refractivity contribution >= 4 is 56.4 Å². The summed E-state index contributed by atoms with van der Waals surface area (Å²) in [7, 11) is 0. The topological polar surface area (TPSA) is 72.2 Å². The molecule has 1 amide bonds. The van der Waals surface area contributed by atoms with Crippen LogP contribution in [-0.4, -0.2) is 10.8 Å². The van der Waals surface area contributed by atoms with Gasteiger partial charge in [0.1, 0.15) is 0 Å². The highest BCUT2D eigenvalue weighted by Crippen LogP contribution is 2.28. The normalized spacial score (nSPS) is 10.2. The largest absolute Gasteiger partial charge is 0.321 e. The van der Waals surface area contributed by atoms with Gasteiger partial charge >= 0.3 is 0 Å². The first-order chi connectivity index (χ1) is 9.88. The average Bonchev–Trinajstić information content (AvgIpc) is 2.41. The van der Waals surface area contributed by atoms with Crippen molar-refractivity contribution in [2.24, 2.45) is 0 Å². The standard InChI is InChI=1S/C13H7BrCl2N2O3/c14-10-5-7(15)1-4-12(10)17-13(19)9-3-2-8(18(20)21)6-11(9)16/h1-6H,(H,17,19). The minimum atomic E-state index is -0.580. The number of nitrogens with one attached hydrogen (secondary N) is 1. The van der Waals surface area contributed by atoms with E-state index in [4.69, 9.17) is 23.2 Å². The smallest absolute Gasteiger partial charge is 0.270 e. The Kier molecular flexibility index (Phi) is 4.82. The second-order valence-corrected chi connectivity index (χ2v) is 5.70. The maximum Gasteiger partial charge on any atom is 0.270 e. The zero-order valence-corrected chi connectivity index (χ0v) is 13.4. The van der Waals surface area contributed by atoms with Crippen LogP contribution in [0.15, 0.2) is 40.9 Å². The van der Waals surface area contributed by atoms with Crippen molar-refractivity contribution in [2.45, 2.75) is 0 Å². The SMILES string of the molecule is O=C(Nc1ccc(Cl)cc1Br)c1ccc([N+](=O)[O-])cc1Cl. The van der Waals surface area contributed by atoms with E-state index >= 15 is 0 Å². The lowest BCUT2D eigenvalue weighted by molar-refractivity contribution is -0.384. The number of nitrogens with zero attached hydrogens (tertiary/aromatic N) is 1. The molecule has 0 spiro atoms. The molecule has 0 saturated carbocycles. The van der Waals surface area contributed by atoms with E-state index in [1.165, 1.54) is 12.1 Å². The second-order valence-electron chi connectivity index (χ2n) is 4.00.